The van der Waals surface area contributed by atoms with Crippen LogP contribution in [0.25, 0.3) is 0 Å². The van der Waals surface area contributed by atoms with Crippen molar-refractivity contribution in [1.29, 1.82) is 0 Å². The van der Waals surface area contributed by atoms with Crippen LogP contribution < -0.4 is 5.32 Å². The van der Waals surface area contributed by atoms with E-state index in [0.717, 1.165) is 28.3 Å². The van der Waals surface area contributed by atoms with E-state index in [1.807, 2.05) is 31.3 Å². The van der Waals surface area contributed by atoms with E-state index in [2.05, 4.69) is 27.5 Å². The minimum Gasteiger partial charge on any atom is -0.363 e. The third-order valence-electron chi connectivity index (χ3n) is 2.45. The van der Waals surface area contributed by atoms with Crippen molar-refractivity contribution in [2.75, 3.05) is 19.4 Å². The molecule has 0 saturated carbocycles. The highest BCUT2D eigenvalue weighted by Crippen LogP contribution is 2.17. The first-order chi connectivity index (χ1) is 8.67. The number of benzene rings is 1. The Morgan fingerprint density at radius 1 is 1.22 bits per heavy atom. The quantitative estimate of drug-likeness (QED) is 0.916. The highest BCUT2D eigenvalue weighted by molar-refractivity contribution is 7.15. The van der Waals surface area contributed by atoms with E-state index >= 15 is 0 Å². The monoisotopic (exact) mass is 282 g/mol. The number of aromatic nitrogens is 2. The van der Waals surface area contributed by atoms with Crippen molar-refractivity contribution in [3.63, 3.8) is 0 Å². The van der Waals surface area contributed by atoms with E-state index in [0.29, 0.717) is 0 Å². The third kappa shape index (κ3) is 3.66. The maximum absolute atomic E-state index is 5.86. The van der Waals surface area contributed by atoms with Crippen LogP contribution in [0.2, 0.25) is 5.02 Å². The molecule has 0 fully saturated rings. The summed E-state index contributed by atoms with van der Waals surface area (Å²) in [6.45, 7) is 1.66. The number of halogens is 1. The second-order valence-corrected chi connectivity index (χ2v) is 5.55. The molecule has 96 valence electrons. The van der Waals surface area contributed by atoms with Crippen LogP contribution in [0.4, 0.5) is 5.13 Å². The molecule has 4 nitrogen and oxygen atoms in total. The van der Waals surface area contributed by atoms with E-state index < -0.39 is 0 Å². The summed E-state index contributed by atoms with van der Waals surface area (Å²) in [5.41, 5.74) is 1.24. The predicted molar refractivity (Wildman–Crippen MR) is 76.1 cm³/mol. The fraction of sp³-hybridized carbons (Fsp3) is 0.333. The molecule has 0 aliphatic heterocycles. The molecule has 18 heavy (non-hydrogen) atoms. The van der Waals surface area contributed by atoms with Crippen molar-refractivity contribution in [3.05, 3.63) is 39.9 Å². The summed E-state index contributed by atoms with van der Waals surface area (Å²) in [5, 5.41) is 13.8. The first kappa shape index (κ1) is 13.3. The van der Waals surface area contributed by atoms with Gasteiger partial charge in [-0.1, -0.05) is 35.1 Å². The number of hydrogen-bond donors (Lipinski definition) is 1. The fourth-order valence-corrected chi connectivity index (χ4v) is 2.51. The zero-order valence-corrected chi connectivity index (χ0v) is 11.9. The molecular weight excluding hydrogens is 268 g/mol. The Hall–Kier alpha value is -1.17. The average molecular weight is 283 g/mol. The maximum atomic E-state index is 5.86. The minimum atomic E-state index is 0.768. The van der Waals surface area contributed by atoms with Crippen LogP contribution >= 0.6 is 22.9 Å². The number of anilines is 1. The highest BCUT2D eigenvalue weighted by atomic mass is 35.5. The molecule has 0 atom stereocenters. The Morgan fingerprint density at radius 2 is 1.94 bits per heavy atom. The van der Waals surface area contributed by atoms with E-state index in [9.17, 15) is 0 Å². The second kappa shape index (κ2) is 6.13. The van der Waals surface area contributed by atoms with E-state index in [4.69, 9.17) is 11.6 Å². The van der Waals surface area contributed by atoms with Crippen LogP contribution in [0.5, 0.6) is 0 Å². The number of rotatable bonds is 5. The molecule has 1 heterocycles. The Balaban J connectivity index is 1.91. The van der Waals surface area contributed by atoms with Crippen molar-refractivity contribution in [3.8, 4) is 0 Å². The molecule has 1 aromatic carbocycles. The van der Waals surface area contributed by atoms with Gasteiger partial charge in [0.2, 0.25) is 5.13 Å². The van der Waals surface area contributed by atoms with Crippen LogP contribution in [0.1, 0.15) is 10.6 Å². The van der Waals surface area contributed by atoms with Crippen LogP contribution in [0.15, 0.2) is 24.3 Å². The van der Waals surface area contributed by atoms with Gasteiger partial charge in [0, 0.05) is 18.6 Å². The Bertz CT molecular complexity index is 497. The van der Waals surface area contributed by atoms with Crippen molar-refractivity contribution < 1.29 is 0 Å². The first-order valence-electron chi connectivity index (χ1n) is 5.60. The van der Waals surface area contributed by atoms with Crippen molar-refractivity contribution in [1.82, 2.24) is 15.1 Å². The lowest BCUT2D eigenvalue weighted by molar-refractivity contribution is 0.317. The summed E-state index contributed by atoms with van der Waals surface area (Å²) in [5.74, 6) is 0. The highest BCUT2D eigenvalue weighted by Gasteiger charge is 2.06. The zero-order valence-electron chi connectivity index (χ0n) is 10.4. The van der Waals surface area contributed by atoms with Crippen LogP contribution in [0.3, 0.4) is 0 Å². The number of nitrogens with zero attached hydrogens (tertiary/aromatic N) is 3. The van der Waals surface area contributed by atoms with Gasteiger partial charge >= 0.3 is 0 Å². The molecule has 0 spiro atoms. The van der Waals surface area contributed by atoms with E-state index in [1.54, 1.807) is 11.3 Å². The van der Waals surface area contributed by atoms with E-state index in [1.165, 1.54) is 5.56 Å². The van der Waals surface area contributed by atoms with Crippen LogP contribution in [-0.2, 0) is 13.1 Å². The molecule has 0 radical (unpaired) electrons. The lowest BCUT2D eigenvalue weighted by Gasteiger charge is -2.14. The summed E-state index contributed by atoms with van der Waals surface area (Å²) < 4.78 is 0. The van der Waals surface area contributed by atoms with Gasteiger partial charge in [0.25, 0.3) is 0 Å². The van der Waals surface area contributed by atoms with Crippen LogP contribution in [0, 0.1) is 0 Å². The normalized spacial score (nSPS) is 10.9. The average Bonchev–Trinajstić information content (AvgIpc) is 2.79. The molecule has 6 heteroatoms. The first-order valence-corrected chi connectivity index (χ1v) is 6.80. The molecule has 0 aliphatic carbocycles. The van der Waals surface area contributed by atoms with Gasteiger partial charge in [0.15, 0.2) is 0 Å². The SMILES string of the molecule is CNc1nnc(CN(C)Cc2ccc(Cl)cc2)s1. The topological polar surface area (TPSA) is 41.1 Å². The van der Waals surface area contributed by atoms with Crippen LogP contribution in [-0.4, -0.2) is 29.2 Å². The standard InChI is InChI=1S/C12H15ClN4S/c1-14-12-16-15-11(18-12)8-17(2)7-9-3-5-10(13)6-4-9/h3-6H,7-8H2,1-2H3,(H,14,16). The molecule has 0 bridgehead atoms. The summed E-state index contributed by atoms with van der Waals surface area (Å²) >= 11 is 7.44. The molecule has 0 saturated heterocycles. The molecule has 2 aromatic rings. The second-order valence-electron chi connectivity index (χ2n) is 4.05. The lowest BCUT2D eigenvalue weighted by Crippen LogP contribution is -2.17. The molecular formula is C12H15ClN4S. The zero-order chi connectivity index (χ0) is 13.0. The Labute approximate surface area is 116 Å². The predicted octanol–water partition coefficient (Wildman–Crippen LogP) is 2.87. The summed E-state index contributed by atoms with van der Waals surface area (Å²) in [7, 11) is 3.91. The van der Waals surface area contributed by atoms with Crippen molar-refractivity contribution in [2.24, 2.45) is 0 Å². The van der Waals surface area contributed by atoms with Gasteiger partial charge in [-0.25, -0.2) is 0 Å². The van der Waals surface area contributed by atoms with Gasteiger partial charge in [-0.15, -0.1) is 10.2 Å². The fourth-order valence-electron chi connectivity index (χ4n) is 1.61. The minimum absolute atomic E-state index is 0.768. The van der Waals surface area contributed by atoms with Crippen molar-refractivity contribution >= 4 is 28.1 Å². The Kier molecular flexibility index (Phi) is 4.52. The molecule has 1 aromatic heterocycles. The maximum Gasteiger partial charge on any atom is 0.205 e. The van der Waals surface area contributed by atoms with Gasteiger partial charge in [-0.2, -0.15) is 0 Å². The summed E-state index contributed by atoms with van der Waals surface area (Å²) in [4.78, 5) is 2.20. The number of hydrogen-bond acceptors (Lipinski definition) is 5. The van der Waals surface area contributed by atoms with Gasteiger partial charge < -0.3 is 5.32 Å². The van der Waals surface area contributed by atoms with Gasteiger partial charge in [0.1, 0.15) is 5.01 Å². The smallest absolute Gasteiger partial charge is 0.205 e. The van der Waals surface area contributed by atoms with Crippen molar-refractivity contribution in [2.45, 2.75) is 13.1 Å². The number of nitrogens with one attached hydrogen (secondary N) is 1. The van der Waals surface area contributed by atoms with Gasteiger partial charge in [-0.05, 0) is 24.7 Å². The van der Waals surface area contributed by atoms with Gasteiger partial charge in [-0.3, -0.25) is 4.90 Å². The molecule has 0 amide bonds. The largest absolute Gasteiger partial charge is 0.363 e. The summed E-state index contributed by atoms with van der Waals surface area (Å²) in [6.07, 6.45) is 0. The molecule has 1 N–H and O–H groups in total. The molecule has 0 unspecified atom stereocenters. The third-order valence-corrected chi connectivity index (χ3v) is 3.63. The Morgan fingerprint density at radius 3 is 2.56 bits per heavy atom. The lowest BCUT2D eigenvalue weighted by atomic mass is 10.2. The summed E-state index contributed by atoms with van der Waals surface area (Å²) in [6, 6.07) is 7.90. The van der Waals surface area contributed by atoms with E-state index in [-0.39, 0.29) is 0 Å². The molecule has 0 aliphatic rings. The molecule has 2 rings (SSSR count). The van der Waals surface area contributed by atoms with Gasteiger partial charge in [0.05, 0.1) is 6.54 Å².